The van der Waals surface area contributed by atoms with Crippen molar-refractivity contribution in [2.75, 3.05) is 6.26 Å². The van der Waals surface area contributed by atoms with Crippen LogP contribution in [-0.2, 0) is 19.9 Å². The van der Waals surface area contributed by atoms with Crippen molar-refractivity contribution in [3.05, 3.63) is 24.0 Å². The van der Waals surface area contributed by atoms with Gasteiger partial charge in [0.05, 0.1) is 4.90 Å². The van der Waals surface area contributed by atoms with Crippen molar-refractivity contribution >= 4 is 19.9 Å². The maximum atomic E-state index is 13.8. The van der Waals surface area contributed by atoms with Crippen LogP contribution in [0.15, 0.2) is 28.0 Å². The van der Waals surface area contributed by atoms with Crippen LogP contribution < -0.4 is 10.5 Å². The van der Waals surface area contributed by atoms with Crippen LogP contribution in [0, 0.1) is 5.82 Å². The quantitative estimate of drug-likeness (QED) is 0.834. The van der Waals surface area contributed by atoms with Gasteiger partial charge in [-0.15, -0.1) is 0 Å². The van der Waals surface area contributed by atoms with Gasteiger partial charge in [0.2, 0.25) is 10.0 Å². The highest BCUT2D eigenvalue weighted by Gasteiger charge is 2.25. The summed E-state index contributed by atoms with van der Waals surface area (Å²) in [6, 6.07) is 2.65. The molecule has 1 aliphatic rings. The number of sulfone groups is 1. The average molecular weight is 350 g/mol. The Kier molecular flexibility index (Phi) is 4.90. The first-order chi connectivity index (χ1) is 10.1. The SMILES string of the molecule is CS(=O)(=O)c1ccc(S(=O)(=O)NC2CCC(N)CC2)cc1F. The molecule has 0 amide bonds. The fraction of sp³-hybridized carbons (Fsp3) is 0.538. The summed E-state index contributed by atoms with van der Waals surface area (Å²) in [6.45, 7) is 0. The van der Waals surface area contributed by atoms with E-state index in [1.165, 1.54) is 0 Å². The van der Waals surface area contributed by atoms with Crippen molar-refractivity contribution in [1.82, 2.24) is 4.72 Å². The van der Waals surface area contributed by atoms with E-state index in [-0.39, 0.29) is 17.0 Å². The Bertz CT molecular complexity index is 754. The predicted octanol–water partition coefficient (Wildman–Crippen LogP) is 0.777. The third-order valence-corrected chi connectivity index (χ3v) is 6.35. The Hall–Kier alpha value is -1.03. The van der Waals surface area contributed by atoms with Crippen LogP contribution in [0.5, 0.6) is 0 Å². The number of nitrogens with one attached hydrogen (secondary N) is 1. The lowest BCUT2D eigenvalue weighted by molar-refractivity contribution is 0.373. The van der Waals surface area contributed by atoms with Crippen molar-refractivity contribution in [2.45, 2.75) is 47.6 Å². The smallest absolute Gasteiger partial charge is 0.240 e. The van der Waals surface area contributed by atoms with Gasteiger partial charge in [0.1, 0.15) is 10.7 Å². The van der Waals surface area contributed by atoms with Crippen molar-refractivity contribution in [1.29, 1.82) is 0 Å². The van der Waals surface area contributed by atoms with E-state index in [2.05, 4.69) is 4.72 Å². The molecule has 22 heavy (non-hydrogen) atoms. The van der Waals surface area contributed by atoms with Crippen LogP contribution in [0.3, 0.4) is 0 Å². The van der Waals surface area contributed by atoms with Gasteiger partial charge >= 0.3 is 0 Å². The van der Waals surface area contributed by atoms with Crippen LogP contribution in [-0.4, -0.2) is 35.2 Å². The Labute approximate surface area is 129 Å². The molecule has 0 aliphatic heterocycles. The molecule has 0 atom stereocenters. The second kappa shape index (κ2) is 6.23. The highest BCUT2D eigenvalue weighted by atomic mass is 32.2. The van der Waals surface area contributed by atoms with Gasteiger partial charge in [0.15, 0.2) is 9.84 Å². The van der Waals surface area contributed by atoms with Crippen LogP contribution in [0.1, 0.15) is 25.7 Å². The Morgan fingerprint density at radius 3 is 2.23 bits per heavy atom. The largest absolute Gasteiger partial charge is 0.328 e. The molecule has 1 aromatic carbocycles. The van der Waals surface area contributed by atoms with Crippen molar-refractivity contribution in [3.8, 4) is 0 Å². The third-order valence-electron chi connectivity index (χ3n) is 3.71. The van der Waals surface area contributed by atoms with Gasteiger partial charge in [0.25, 0.3) is 0 Å². The molecular weight excluding hydrogens is 331 g/mol. The molecule has 124 valence electrons. The fourth-order valence-corrected chi connectivity index (χ4v) is 4.52. The second-order valence-corrected chi connectivity index (χ2v) is 9.30. The first-order valence-corrected chi connectivity index (χ1v) is 10.2. The molecule has 0 bridgehead atoms. The summed E-state index contributed by atoms with van der Waals surface area (Å²) >= 11 is 0. The van der Waals surface area contributed by atoms with Gasteiger partial charge < -0.3 is 5.73 Å². The molecule has 6 nitrogen and oxygen atoms in total. The molecule has 9 heteroatoms. The number of rotatable bonds is 4. The summed E-state index contributed by atoms with van der Waals surface area (Å²) in [7, 11) is -7.62. The van der Waals surface area contributed by atoms with Crippen LogP contribution >= 0.6 is 0 Å². The Balaban J connectivity index is 2.21. The summed E-state index contributed by atoms with van der Waals surface area (Å²) < 4.78 is 63.5. The molecule has 0 radical (unpaired) electrons. The number of nitrogens with two attached hydrogens (primary N) is 1. The molecule has 1 aliphatic carbocycles. The van der Waals surface area contributed by atoms with E-state index in [0.29, 0.717) is 12.8 Å². The number of sulfonamides is 1. The van der Waals surface area contributed by atoms with Crippen molar-refractivity contribution in [3.63, 3.8) is 0 Å². The highest BCUT2D eigenvalue weighted by Crippen LogP contribution is 2.22. The molecule has 1 saturated carbocycles. The zero-order valence-corrected chi connectivity index (χ0v) is 13.8. The van der Waals surface area contributed by atoms with E-state index in [9.17, 15) is 21.2 Å². The van der Waals surface area contributed by atoms with Crippen LogP contribution in [0.2, 0.25) is 0 Å². The summed E-state index contributed by atoms with van der Waals surface area (Å²) in [5, 5.41) is 0. The monoisotopic (exact) mass is 350 g/mol. The van der Waals surface area contributed by atoms with Gasteiger partial charge in [-0.05, 0) is 43.9 Å². The molecular formula is C13H19FN2O4S2. The molecule has 0 unspecified atom stereocenters. The van der Waals surface area contributed by atoms with Gasteiger partial charge in [-0.25, -0.2) is 25.9 Å². The summed E-state index contributed by atoms with van der Waals surface area (Å²) in [4.78, 5) is -0.803. The van der Waals surface area contributed by atoms with E-state index < -0.39 is 30.6 Å². The summed E-state index contributed by atoms with van der Waals surface area (Å²) in [5.74, 6) is -1.07. The highest BCUT2D eigenvalue weighted by molar-refractivity contribution is 7.90. The standard InChI is InChI=1S/C13H19FN2O4S2/c1-21(17,18)13-7-6-11(8-12(13)14)22(19,20)16-10-4-2-9(15)3-5-10/h6-10,16H,2-5,15H2,1H3. The van der Waals surface area contributed by atoms with E-state index in [1.54, 1.807) is 0 Å². The fourth-order valence-electron chi connectivity index (χ4n) is 2.47. The molecule has 0 saturated heterocycles. The van der Waals surface area contributed by atoms with E-state index in [4.69, 9.17) is 5.73 Å². The molecule has 0 heterocycles. The van der Waals surface area contributed by atoms with Gasteiger partial charge in [0, 0.05) is 18.3 Å². The summed E-state index contributed by atoms with van der Waals surface area (Å²) in [5.41, 5.74) is 5.77. The van der Waals surface area contributed by atoms with Crippen molar-refractivity contribution in [2.24, 2.45) is 5.73 Å². The zero-order chi connectivity index (χ0) is 16.5. The molecule has 1 aromatic rings. The summed E-state index contributed by atoms with van der Waals surface area (Å²) in [6.07, 6.45) is 3.58. The Morgan fingerprint density at radius 1 is 1.14 bits per heavy atom. The molecule has 3 N–H and O–H groups in total. The van der Waals surface area contributed by atoms with E-state index in [1.807, 2.05) is 0 Å². The minimum Gasteiger partial charge on any atom is -0.328 e. The Morgan fingerprint density at radius 2 is 1.73 bits per heavy atom. The predicted molar refractivity (Wildman–Crippen MR) is 80.1 cm³/mol. The van der Waals surface area contributed by atoms with E-state index in [0.717, 1.165) is 37.3 Å². The van der Waals surface area contributed by atoms with E-state index >= 15 is 0 Å². The third kappa shape index (κ3) is 4.03. The molecule has 2 rings (SSSR count). The average Bonchev–Trinajstić information content (AvgIpc) is 2.39. The lowest BCUT2D eigenvalue weighted by Crippen LogP contribution is -2.40. The normalized spacial score (nSPS) is 23.4. The molecule has 1 fully saturated rings. The first kappa shape index (κ1) is 17.3. The number of benzene rings is 1. The van der Waals surface area contributed by atoms with Gasteiger partial charge in [-0.1, -0.05) is 0 Å². The maximum absolute atomic E-state index is 13.8. The first-order valence-electron chi connectivity index (χ1n) is 6.87. The van der Waals surface area contributed by atoms with Gasteiger partial charge in [-0.2, -0.15) is 0 Å². The minimum absolute atomic E-state index is 0.0900. The topological polar surface area (TPSA) is 106 Å². The minimum atomic E-state index is -3.89. The number of halogens is 1. The number of hydrogen-bond donors (Lipinski definition) is 2. The second-order valence-electron chi connectivity index (χ2n) is 5.60. The maximum Gasteiger partial charge on any atom is 0.240 e. The van der Waals surface area contributed by atoms with Crippen molar-refractivity contribution < 1.29 is 21.2 Å². The number of hydrogen-bond acceptors (Lipinski definition) is 5. The molecule has 0 aromatic heterocycles. The molecule has 0 spiro atoms. The lowest BCUT2D eigenvalue weighted by Gasteiger charge is -2.26. The van der Waals surface area contributed by atoms with Crippen LogP contribution in [0.4, 0.5) is 4.39 Å². The van der Waals surface area contributed by atoms with Crippen LogP contribution in [0.25, 0.3) is 0 Å². The zero-order valence-electron chi connectivity index (χ0n) is 12.1. The van der Waals surface area contributed by atoms with Gasteiger partial charge in [-0.3, -0.25) is 0 Å². The lowest BCUT2D eigenvalue weighted by atomic mass is 9.93.